The standard InChI is InChI=1S/C16H23FN2O2/c1-3-19-16(15(18)20)9-5-7-12(10-16)21-13-8-4-6-11(2)14(13)17/h4,6,8,12,19H,3,5,7,9-10H2,1-2H3,(H2,18,20). The second-order valence-electron chi connectivity index (χ2n) is 5.70. The van der Waals surface area contributed by atoms with E-state index >= 15 is 0 Å². The highest BCUT2D eigenvalue weighted by Gasteiger charge is 2.41. The molecule has 5 heteroatoms. The minimum absolute atomic E-state index is 0.207. The molecule has 1 aromatic carbocycles. The average molecular weight is 294 g/mol. The summed E-state index contributed by atoms with van der Waals surface area (Å²) in [7, 11) is 0. The number of nitrogens with one attached hydrogen (secondary N) is 1. The Morgan fingerprint density at radius 2 is 2.33 bits per heavy atom. The lowest BCUT2D eigenvalue weighted by Gasteiger charge is -2.39. The van der Waals surface area contributed by atoms with Crippen LogP contribution in [0.5, 0.6) is 5.75 Å². The fourth-order valence-electron chi connectivity index (χ4n) is 3.03. The van der Waals surface area contributed by atoms with Gasteiger partial charge < -0.3 is 15.8 Å². The van der Waals surface area contributed by atoms with Crippen molar-refractivity contribution in [1.82, 2.24) is 5.32 Å². The van der Waals surface area contributed by atoms with Gasteiger partial charge in [0, 0.05) is 6.42 Å². The van der Waals surface area contributed by atoms with Crippen LogP contribution in [0, 0.1) is 12.7 Å². The van der Waals surface area contributed by atoms with Gasteiger partial charge in [0.25, 0.3) is 0 Å². The van der Waals surface area contributed by atoms with Crippen LogP contribution >= 0.6 is 0 Å². The lowest BCUT2D eigenvalue weighted by Crippen LogP contribution is -2.59. The van der Waals surface area contributed by atoms with Crippen molar-refractivity contribution in [3.05, 3.63) is 29.6 Å². The second kappa shape index (κ2) is 6.43. The third kappa shape index (κ3) is 3.35. The zero-order valence-electron chi connectivity index (χ0n) is 12.6. The number of likely N-dealkylation sites (N-methyl/N-ethyl adjacent to an activating group) is 1. The molecule has 0 saturated heterocycles. The third-order valence-electron chi connectivity index (χ3n) is 4.14. The number of rotatable bonds is 5. The first kappa shape index (κ1) is 15.8. The van der Waals surface area contributed by atoms with Crippen molar-refractivity contribution < 1.29 is 13.9 Å². The number of benzene rings is 1. The van der Waals surface area contributed by atoms with Crippen molar-refractivity contribution in [2.24, 2.45) is 5.73 Å². The number of aryl methyl sites for hydroxylation is 1. The molecular formula is C16H23FN2O2. The second-order valence-corrected chi connectivity index (χ2v) is 5.70. The van der Waals surface area contributed by atoms with Crippen LogP contribution in [0.25, 0.3) is 0 Å². The summed E-state index contributed by atoms with van der Waals surface area (Å²) in [6.07, 6.45) is 2.60. The Labute approximate surface area is 124 Å². The molecule has 0 spiro atoms. The first-order chi connectivity index (χ1) is 9.98. The van der Waals surface area contributed by atoms with E-state index in [1.807, 2.05) is 6.92 Å². The quantitative estimate of drug-likeness (QED) is 0.875. The molecule has 0 aliphatic heterocycles. The molecule has 4 nitrogen and oxygen atoms in total. The van der Waals surface area contributed by atoms with Gasteiger partial charge in [-0.1, -0.05) is 19.1 Å². The van der Waals surface area contributed by atoms with Gasteiger partial charge in [-0.15, -0.1) is 0 Å². The molecular weight excluding hydrogens is 271 g/mol. The van der Waals surface area contributed by atoms with Gasteiger partial charge in [-0.05, 0) is 44.4 Å². The fourth-order valence-corrected chi connectivity index (χ4v) is 3.03. The highest BCUT2D eigenvalue weighted by molar-refractivity contribution is 5.84. The lowest BCUT2D eigenvalue weighted by atomic mass is 9.79. The van der Waals surface area contributed by atoms with Gasteiger partial charge in [0.1, 0.15) is 11.6 Å². The minimum atomic E-state index is -0.738. The van der Waals surface area contributed by atoms with E-state index in [1.54, 1.807) is 25.1 Å². The number of carbonyl (C=O) groups is 1. The van der Waals surface area contributed by atoms with Gasteiger partial charge in [0.15, 0.2) is 11.6 Å². The van der Waals surface area contributed by atoms with Crippen molar-refractivity contribution in [2.75, 3.05) is 6.54 Å². The largest absolute Gasteiger partial charge is 0.487 e. The predicted octanol–water partition coefficient (Wildman–Crippen LogP) is 2.29. The van der Waals surface area contributed by atoms with Gasteiger partial charge in [0.05, 0.1) is 0 Å². The Bertz CT molecular complexity index is 517. The zero-order chi connectivity index (χ0) is 15.5. The summed E-state index contributed by atoms with van der Waals surface area (Å²) in [4.78, 5) is 11.8. The van der Waals surface area contributed by atoms with E-state index in [4.69, 9.17) is 10.5 Å². The molecule has 1 aromatic rings. The van der Waals surface area contributed by atoms with Gasteiger partial charge in [-0.3, -0.25) is 4.79 Å². The SMILES string of the molecule is CCNC1(C(N)=O)CCCC(Oc2cccc(C)c2F)C1. The van der Waals surface area contributed by atoms with Crippen LogP contribution < -0.4 is 15.8 Å². The number of carbonyl (C=O) groups excluding carboxylic acids is 1. The van der Waals surface area contributed by atoms with Gasteiger partial charge in [0.2, 0.25) is 5.91 Å². The molecule has 2 rings (SSSR count). The maximum Gasteiger partial charge on any atom is 0.237 e. The van der Waals surface area contributed by atoms with E-state index < -0.39 is 5.54 Å². The molecule has 1 amide bonds. The summed E-state index contributed by atoms with van der Waals surface area (Å²) in [5, 5.41) is 3.19. The molecule has 0 aromatic heterocycles. The third-order valence-corrected chi connectivity index (χ3v) is 4.14. The monoisotopic (exact) mass is 294 g/mol. The van der Waals surface area contributed by atoms with Gasteiger partial charge in [-0.2, -0.15) is 0 Å². The lowest BCUT2D eigenvalue weighted by molar-refractivity contribution is -0.127. The molecule has 0 bridgehead atoms. The van der Waals surface area contributed by atoms with Crippen LogP contribution in [0.1, 0.15) is 38.2 Å². The summed E-state index contributed by atoms with van der Waals surface area (Å²) in [6.45, 7) is 4.30. The molecule has 1 fully saturated rings. The van der Waals surface area contributed by atoms with E-state index in [0.29, 0.717) is 24.9 Å². The molecule has 1 aliphatic rings. The number of halogens is 1. The molecule has 2 unspecified atom stereocenters. The van der Waals surface area contributed by atoms with Crippen LogP contribution in [0.2, 0.25) is 0 Å². The van der Waals surface area contributed by atoms with E-state index in [0.717, 1.165) is 12.8 Å². The molecule has 1 saturated carbocycles. The van der Waals surface area contributed by atoms with Crippen molar-refractivity contribution in [2.45, 2.75) is 51.2 Å². The Morgan fingerprint density at radius 1 is 1.57 bits per heavy atom. The van der Waals surface area contributed by atoms with Gasteiger partial charge in [-0.25, -0.2) is 4.39 Å². The summed E-state index contributed by atoms with van der Waals surface area (Å²) >= 11 is 0. The van der Waals surface area contributed by atoms with Crippen LogP contribution in [0.3, 0.4) is 0 Å². The molecule has 0 radical (unpaired) electrons. The zero-order valence-corrected chi connectivity index (χ0v) is 12.6. The number of nitrogens with two attached hydrogens (primary N) is 1. The van der Waals surface area contributed by atoms with E-state index in [2.05, 4.69) is 5.32 Å². The molecule has 3 N–H and O–H groups in total. The Kier molecular flexibility index (Phi) is 4.83. The normalized spacial score (nSPS) is 25.6. The number of hydrogen-bond acceptors (Lipinski definition) is 3. The molecule has 2 atom stereocenters. The van der Waals surface area contributed by atoms with Crippen LogP contribution in [-0.4, -0.2) is 24.1 Å². The Balaban J connectivity index is 2.14. The maximum absolute atomic E-state index is 14.0. The average Bonchev–Trinajstić information content (AvgIpc) is 2.44. The van der Waals surface area contributed by atoms with Crippen LogP contribution in [0.4, 0.5) is 4.39 Å². The highest BCUT2D eigenvalue weighted by atomic mass is 19.1. The van der Waals surface area contributed by atoms with E-state index in [1.165, 1.54) is 0 Å². The van der Waals surface area contributed by atoms with Crippen LogP contribution in [0.15, 0.2) is 18.2 Å². The number of ether oxygens (including phenoxy) is 1. The van der Waals surface area contributed by atoms with Crippen molar-refractivity contribution in [3.8, 4) is 5.75 Å². The first-order valence-electron chi connectivity index (χ1n) is 7.45. The number of hydrogen-bond donors (Lipinski definition) is 2. The van der Waals surface area contributed by atoms with Crippen molar-refractivity contribution >= 4 is 5.91 Å². The maximum atomic E-state index is 14.0. The molecule has 0 heterocycles. The van der Waals surface area contributed by atoms with Crippen LogP contribution in [-0.2, 0) is 4.79 Å². The minimum Gasteiger partial charge on any atom is -0.487 e. The number of amides is 1. The van der Waals surface area contributed by atoms with E-state index in [-0.39, 0.29) is 23.6 Å². The van der Waals surface area contributed by atoms with Gasteiger partial charge >= 0.3 is 0 Å². The Morgan fingerprint density at radius 3 is 3.00 bits per heavy atom. The molecule has 21 heavy (non-hydrogen) atoms. The fraction of sp³-hybridized carbons (Fsp3) is 0.562. The summed E-state index contributed by atoms with van der Waals surface area (Å²) in [6, 6.07) is 5.09. The van der Waals surface area contributed by atoms with Crippen molar-refractivity contribution in [3.63, 3.8) is 0 Å². The highest BCUT2D eigenvalue weighted by Crippen LogP contribution is 2.32. The molecule has 1 aliphatic carbocycles. The summed E-state index contributed by atoms with van der Waals surface area (Å²) < 4.78 is 19.8. The van der Waals surface area contributed by atoms with E-state index in [9.17, 15) is 9.18 Å². The first-order valence-corrected chi connectivity index (χ1v) is 7.45. The summed E-state index contributed by atoms with van der Waals surface area (Å²) in [5.41, 5.74) is 5.38. The predicted molar refractivity (Wildman–Crippen MR) is 79.6 cm³/mol. The topological polar surface area (TPSA) is 64.3 Å². The molecule has 116 valence electrons. The Hall–Kier alpha value is -1.62. The summed E-state index contributed by atoms with van der Waals surface area (Å²) in [5.74, 6) is -0.449. The smallest absolute Gasteiger partial charge is 0.237 e. The number of primary amides is 1. The van der Waals surface area contributed by atoms with Crippen molar-refractivity contribution in [1.29, 1.82) is 0 Å².